The third kappa shape index (κ3) is 20.0. The van der Waals surface area contributed by atoms with Gasteiger partial charge in [-0.3, -0.25) is 4.90 Å². The lowest BCUT2D eigenvalue weighted by molar-refractivity contribution is 0.0492. The van der Waals surface area contributed by atoms with Crippen molar-refractivity contribution in [2.24, 2.45) is 17.6 Å². The van der Waals surface area contributed by atoms with Gasteiger partial charge in [0.2, 0.25) is 0 Å². The van der Waals surface area contributed by atoms with E-state index in [1.54, 1.807) is 0 Å². The van der Waals surface area contributed by atoms with Crippen LogP contribution >= 0.6 is 0 Å². The number of nitrogens with zero attached hydrogens (tertiary/aromatic N) is 1. The van der Waals surface area contributed by atoms with Crippen LogP contribution in [0.2, 0.25) is 0 Å². The van der Waals surface area contributed by atoms with Gasteiger partial charge in [0.15, 0.2) is 0 Å². The van der Waals surface area contributed by atoms with Gasteiger partial charge in [0.1, 0.15) is 11.2 Å². The molecule has 0 aliphatic rings. The Morgan fingerprint density at radius 3 is 1.43 bits per heavy atom. The van der Waals surface area contributed by atoms with E-state index in [1.165, 1.54) is 11.1 Å². The summed E-state index contributed by atoms with van der Waals surface area (Å²) < 4.78 is 10.5. The average molecular weight is 613 g/mol. The minimum atomic E-state index is -0.495. The van der Waals surface area contributed by atoms with Crippen molar-refractivity contribution in [3.63, 3.8) is 0 Å². The molecule has 0 aliphatic heterocycles. The molecule has 0 unspecified atom stereocenters. The highest BCUT2D eigenvalue weighted by atomic mass is 16.6. The summed E-state index contributed by atoms with van der Waals surface area (Å²) in [5, 5.41) is 5.65. The summed E-state index contributed by atoms with van der Waals surface area (Å²) in [5.41, 5.74) is 7.41. The van der Waals surface area contributed by atoms with Crippen LogP contribution in [0, 0.1) is 11.8 Å². The molecule has 0 heterocycles. The molecule has 0 spiro atoms. The number of ether oxygens (including phenoxy) is 2. The molecule has 248 valence electrons. The minimum absolute atomic E-state index is 0.00230. The standard InChI is InChI=1S/C25H36N2O2.C11H24N2O2/c1-20(2)16-23(17-26-24(28)29-25(3,4)5)27(18-21-12-8-6-9-13-21)19-22-14-10-7-11-15-22;1-8(2)6-9(12)7-13-10(14)15-11(3,4)5/h6-15,20,23H,16-19H2,1-5H3,(H,26,28);8-9H,6-7,12H2,1-5H3,(H,13,14)/t23-;9-/m11/s1. The van der Waals surface area contributed by atoms with E-state index in [0.29, 0.717) is 24.9 Å². The number of amides is 2. The third-order valence-corrected chi connectivity index (χ3v) is 6.28. The van der Waals surface area contributed by atoms with Gasteiger partial charge in [-0.05, 0) is 77.3 Å². The lowest BCUT2D eigenvalue weighted by atomic mass is 10.0. The number of carbonyl (C=O) groups excluding carboxylic acids is 2. The molecule has 2 aromatic carbocycles. The average Bonchev–Trinajstić information content (AvgIpc) is 2.89. The topological polar surface area (TPSA) is 106 Å². The molecule has 2 atom stereocenters. The van der Waals surface area contributed by atoms with Crippen LogP contribution < -0.4 is 16.4 Å². The van der Waals surface area contributed by atoms with Crippen LogP contribution in [0.5, 0.6) is 0 Å². The number of hydrogen-bond acceptors (Lipinski definition) is 6. The Morgan fingerprint density at radius 2 is 1.07 bits per heavy atom. The maximum absolute atomic E-state index is 12.2. The van der Waals surface area contributed by atoms with Gasteiger partial charge >= 0.3 is 12.2 Å². The molecule has 8 nitrogen and oxygen atoms in total. The third-order valence-electron chi connectivity index (χ3n) is 6.28. The van der Waals surface area contributed by atoms with Gasteiger partial charge in [-0.2, -0.15) is 0 Å². The van der Waals surface area contributed by atoms with Gasteiger partial charge in [0, 0.05) is 38.3 Å². The van der Waals surface area contributed by atoms with Crippen molar-refractivity contribution in [1.29, 1.82) is 0 Å². The molecular formula is C36H60N4O4. The summed E-state index contributed by atoms with van der Waals surface area (Å²) in [7, 11) is 0. The van der Waals surface area contributed by atoms with E-state index in [9.17, 15) is 9.59 Å². The highest BCUT2D eigenvalue weighted by Gasteiger charge is 2.23. The molecule has 0 saturated carbocycles. The minimum Gasteiger partial charge on any atom is -0.444 e. The quantitative estimate of drug-likeness (QED) is 0.216. The van der Waals surface area contributed by atoms with Crippen LogP contribution in [0.1, 0.15) is 93.2 Å². The van der Waals surface area contributed by atoms with Crippen molar-refractivity contribution >= 4 is 12.2 Å². The second kappa shape index (κ2) is 19.3. The number of alkyl carbamates (subject to hydrolysis) is 2. The molecule has 0 fully saturated rings. The maximum Gasteiger partial charge on any atom is 0.407 e. The zero-order valence-electron chi connectivity index (χ0n) is 29.0. The van der Waals surface area contributed by atoms with Gasteiger partial charge < -0.3 is 25.8 Å². The molecule has 44 heavy (non-hydrogen) atoms. The van der Waals surface area contributed by atoms with E-state index in [0.717, 1.165) is 25.9 Å². The van der Waals surface area contributed by atoms with E-state index >= 15 is 0 Å². The Morgan fingerprint density at radius 1 is 0.682 bits per heavy atom. The molecule has 4 N–H and O–H groups in total. The van der Waals surface area contributed by atoms with Crippen molar-refractivity contribution in [3.8, 4) is 0 Å². The first kappa shape index (κ1) is 38.9. The van der Waals surface area contributed by atoms with Gasteiger partial charge in [-0.25, -0.2) is 9.59 Å². The summed E-state index contributed by atoms with van der Waals surface area (Å²) in [4.78, 5) is 26.0. The van der Waals surface area contributed by atoms with E-state index in [-0.39, 0.29) is 18.2 Å². The van der Waals surface area contributed by atoms with Crippen LogP contribution in [0.3, 0.4) is 0 Å². The van der Waals surface area contributed by atoms with Crippen molar-refractivity contribution in [3.05, 3.63) is 71.8 Å². The van der Waals surface area contributed by atoms with E-state index < -0.39 is 17.3 Å². The number of carbonyl (C=O) groups is 2. The normalized spacial score (nSPS) is 13.1. The molecular weight excluding hydrogens is 552 g/mol. The maximum atomic E-state index is 12.2. The van der Waals surface area contributed by atoms with E-state index in [1.807, 2.05) is 53.7 Å². The largest absolute Gasteiger partial charge is 0.444 e. The van der Waals surface area contributed by atoms with Gasteiger partial charge in [0.25, 0.3) is 0 Å². The molecule has 0 bridgehead atoms. The van der Waals surface area contributed by atoms with Crippen molar-refractivity contribution in [2.75, 3.05) is 13.1 Å². The fourth-order valence-electron chi connectivity index (χ4n) is 4.59. The zero-order chi connectivity index (χ0) is 33.3. The highest BCUT2D eigenvalue weighted by molar-refractivity contribution is 5.68. The predicted octanol–water partition coefficient (Wildman–Crippen LogP) is 7.51. The Bertz CT molecular complexity index is 1020. The van der Waals surface area contributed by atoms with Crippen molar-refractivity contribution < 1.29 is 19.1 Å². The summed E-state index contributed by atoms with van der Waals surface area (Å²) >= 11 is 0. The predicted molar refractivity (Wildman–Crippen MR) is 181 cm³/mol. The molecule has 8 heteroatoms. The van der Waals surface area contributed by atoms with Crippen molar-refractivity contribution in [2.45, 2.75) is 118 Å². The second-order valence-electron chi connectivity index (χ2n) is 14.3. The Kier molecular flexibility index (Phi) is 17.1. The first-order valence-corrected chi connectivity index (χ1v) is 15.9. The summed E-state index contributed by atoms with van der Waals surface area (Å²) in [6, 6.07) is 21.2. The molecule has 0 radical (unpaired) electrons. The van der Waals surface area contributed by atoms with Gasteiger partial charge in [0.05, 0.1) is 0 Å². The number of rotatable bonds is 13. The van der Waals surface area contributed by atoms with E-state index in [2.05, 4.69) is 91.8 Å². The SMILES string of the molecule is CC(C)C[C@@H](N)CNC(=O)OC(C)(C)C.CC(C)C[C@H](CNC(=O)OC(C)(C)C)N(Cc1ccccc1)Cc1ccccc1. The van der Waals surface area contributed by atoms with Crippen LogP contribution in [0.25, 0.3) is 0 Å². The zero-order valence-corrected chi connectivity index (χ0v) is 29.0. The number of benzene rings is 2. The molecule has 2 rings (SSSR count). The fourth-order valence-corrected chi connectivity index (χ4v) is 4.59. The Balaban J connectivity index is 0.000000546. The number of nitrogens with two attached hydrogens (primary N) is 1. The van der Waals surface area contributed by atoms with Gasteiger partial charge in [-0.15, -0.1) is 0 Å². The number of hydrogen-bond donors (Lipinski definition) is 3. The second-order valence-corrected chi connectivity index (χ2v) is 14.3. The van der Waals surface area contributed by atoms with Gasteiger partial charge in [-0.1, -0.05) is 88.4 Å². The van der Waals surface area contributed by atoms with Crippen LogP contribution in [-0.4, -0.2) is 53.5 Å². The molecule has 2 amide bonds. The summed E-state index contributed by atoms with van der Waals surface area (Å²) in [5.74, 6) is 1.06. The van der Waals surface area contributed by atoms with Crippen LogP contribution in [-0.2, 0) is 22.6 Å². The Hall–Kier alpha value is -3.10. The summed E-state index contributed by atoms with van der Waals surface area (Å²) in [6.45, 7) is 22.5. The first-order chi connectivity index (χ1) is 20.4. The molecule has 2 aromatic rings. The van der Waals surface area contributed by atoms with Crippen LogP contribution in [0.15, 0.2) is 60.7 Å². The molecule has 0 aromatic heterocycles. The molecule has 0 saturated heterocycles. The Labute approximate surface area is 267 Å². The summed E-state index contributed by atoms with van der Waals surface area (Å²) in [6.07, 6.45) is 1.14. The van der Waals surface area contributed by atoms with Crippen LogP contribution in [0.4, 0.5) is 9.59 Å². The van der Waals surface area contributed by atoms with E-state index in [4.69, 9.17) is 15.2 Å². The monoisotopic (exact) mass is 612 g/mol. The smallest absolute Gasteiger partial charge is 0.407 e. The lowest BCUT2D eigenvalue weighted by Gasteiger charge is -2.33. The number of nitrogens with one attached hydrogen (secondary N) is 2. The lowest BCUT2D eigenvalue weighted by Crippen LogP contribution is -2.45. The first-order valence-electron chi connectivity index (χ1n) is 15.9. The molecule has 0 aliphatic carbocycles. The highest BCUT2D eigenvalue weighted by Crippen LogP contribution is 2.19. The van der Waals surface area contributed by atoms with Crippen molar-refractivity contribution in [1.82, 2.24) is 15.5 Å². The fraction of sp³-hybridized carbons (Fsp3) is 0.611.